The van der Waals surface area contributed by atoms with Crippen LogP contribution in [0.2, 0.25) is 0 Å². The predicted molar refractivity (Wildman–Crippen MR) is 87.8 cm³/mol. The summed E-state index contributed by atoms with van der Waals surface area (Å²) in [6, 6.07) is 12.4. The highest BCUT2D eigenvalue weighted by Crippen LogP contribution is 2.28. The second-order valence-electron chi connectivity index (χ2n) is 5.56. The fourth-order valence-corrected chi connectivity index (χ4v) is 3.89. The molecule has 8 heteroatoms. The van der Waals surface area contributed by atoms with Crippen LogP contribution >= 0.6 is 0 Å². The molecule has 128 valence electrons. The number of hydrogen-bond donors (Lipinski definition) is 2. The molecule has 1 fully saturated rings. The molecule has 1 unspecified atom stereocenters. The molecule has 0 heterocycles. The molecule has 0 bridgehead atoms. The van der Waals surface area contributed by atoms with Crippen LogP contribution in [0.4, 0.5) is 0 Å². The van der Waals surface area contributed by atoms with E-state index in [-0.39, 0.29) is 9.79 Å². The van der Waals surface area contributed by atoms with Crippen molar-refractivity contribution in [3.63, 3.8) is 0 Å². The summed E-state index contributed by atoms with van der Waals surface area (Å²) in [4.78, 5) is 0.241. The number of rotatable bonds is 5. The molecule has 2 atom stereocenters. The fourth-order valence-electron chi connectivity index (χ4n) is 2.37. The van der Waals surface area contributed by atoms with Gasteiger partial charge in [-0.05, 0) is 48.2 Å². The van der Waals surface area contributed by atoms with Gasteiger partial charge < -0.3 is 5.11 Å². The summed E-state index contributed by atoms with van der Waals surface area (Å²) in [6.07, 6.45) is -0.335. The maximum Gasteiger partial charge on any atom is 0.297 e. The Hall–Kier alpha value is -1.74. The zero-order valence-electron chi connectivity index (χ0n) is 12.5. The molecule has 1 aliphatic rings. The molecule has 0 aliphatic heterocycles. The summed E-state index contributed by atoms with van der Waals surface area (Å²) in [5, 5.41) is 9.44. The number of thiol groups is 1. The van der Waals surface area contributed by atoms with Crippen LogP contribution in [0, 0.1) is 0 Å². The summed E-state index contributed by atoms with van der Waals surface area (Å²) in [5.74, 6) is 0. The lowest BCUT2D eigenvalue weighted by Crippen LogP contribution is -2.40. The highest BCUT2D eigenvalue weighted by molar-refractivity contribution is 7.86. The van der Waals surface area contributed by atoms with Crippen molar-refractivity contribution < 1.29 is 26.1 Å². The van der Waals surface area contributed by atoms with Crippen molar-refractivity contribution in [2.24, 2.45) is 0 Å². The van der Waals surface area contributed by atoms with Gasteiger partial charge in [0.25, 0.3) is 10.1 Å². The van der Waals surface area contributed by atoms with E-state index in [1.54, 1.807) is 24.3 Å². The molecule has 1 N–H and O–H groups in total. The van der Waals surface area contributed by atoms with E-state index in [1.807, 2.05) is 0 Å². The molecule has 24 heavy (non-hydrogen) atoms. The second-order valence-corrected chi connectivity index (χ2v) is 8.16. The van der Waals surface area contributed by atoms with E-state index >= 15 is 0 Å². The van der Waals surface area contributed by atoms with Crippen molar-refractivity contribution in [1.29, 1.82) is 0 Å². The molecule has 6 nitrogen and oxygen atoms in total. The first-order valence-corrected chi connectivity index (χ1v) is 9.92. The standard InChI is InChI=1S/C16H16O6S2/c17-15-9-10-16(15)22-24(20,21)14-7-3-12(4-8-14)11-1-5-13(6-2-11)23(18)19/h1-8,15-17,23H,9-10H2/t15-,16?/m1/s1. The summed E-state index contributed by atoms with van der Waals surface area (Å²) >= 11 is 0. The Bertz CT molecular complexity index is 891. The van der Waals surface area contributed by atoms with Gasteiger partial charge in [0.05, 0.1) is 15.9 Å². The van der Waals surface area contributed by atoms with Gasteiger partial charge >= 0.3 is 0 Å². The Labute approximate surface area is 141 Å². The normalized spacial score (nSPS) is 20.8. The second kappa shape index (κ2) is 6.64. The monoisotopic (exact) mass is 368 g/mol. The van der Waals surface area contributed by atoms with Crippen LogP contribution in [0.15, 0.2) is 58.3 Å². The van der Waals surface area contributed by atoms with Gasteiger partial charge in [0, 0.05) is 0 Å². The third-order valence-corrected chi connectivity index (χ3v) is 6.05. The molecule has 2 aromatic carbocycles. The van der Waals surface area contributed by atoms with E-state index in [4.69, 9.17) is 4.18 Å². The zero-order valence-corrected chi connectivity index (χ0v) is 14.2. The fraction of sp³-hybridized carbons (Fsp3) is 0.250. The maximum atomic E-state index is 12.1. The molecular weight excluding hydrogens is 352 g/mol. The Morgan fingerprint density at radius 1 is 0.917 bits per heavy atom. The van der Waals surface area contributed by atoms with Crippen LogP contribution in [0.1, 0.15) is 12.8 Å². The highest BCUT2D eigenvalue weighted by atomic mass is 32.2. The first-order valence-electron chi connectivity index (χ1n) is 7.33. The quantitative estimate of drug-likeness (QED) is 0.614. The lowest BCUT2D eigenvalue weighted by Gasteiger charge is -2.31. The third-order valence-electron chi connectivity index (χ3n) is 3.98. The minimum Gasteiger partial charge on any atom is -0.390 e. The van der Waals surface area contributed by atoms with Gasteiger partial charge in [-0.2, -0.15) is 8.42 Å². The molecule has 0 saturated heterocycles. The minimum atomic E-state index is -3.91. The molecule has 1 saturated carbocycles. The van der Waals surface area contributed by atoms with Crippen molar-refractivity contribution in [3.8, 4) is 11.1 Å². The predicted octanol–water partition coefficient (Wildman–Crippen LogP) is 1.55. The van der Waals surface area contributed by atoms with Crippen LogP contribution in [0.3, 0.4) is 0 Å². The zero-order chi connectivity index (χ0) is 17.3. The van der Waals surface area contributed by atoms with Crippen molar-refractivity contribution >= 4 is 20.8 Å². The summed E-state index contributed by atoms with van der Waals surface area (Å²) in [7, 11) is -6.53. The highest BCUT2D eigenvalue weighted by Gasteiger charge is 2.34. The average Bonchev–Trinajstić information content (AvgIpc) is 2.59. The van der Waals surface area contributed by atoms with Gasteiger partial charge in [-0.25, -0.2) is 8.42 Å². The summed E-state index contributed by atoms with van der Waals surface area (Å²) in [6.45, 7) is 0. The van der Waals surface area contributed by atoms with E-state index < -0.39 is 33.0 Å². The van der Waals surface area contributed by atoms with Gasteiger partial charge in [0.1, 0.15) is 6.10 Å². The van der Waals surface area contributed by atoms with Crippen molar-refractivity contribution in [2.75, 3.05) is 0 Å². The Kier molecular flexibility index (Phi) is 4.73. The van der Waals surface area contributed by atoms with Gasteiger partial charge in [0.2, 0.25) is 0 Å². The lowest BCUT2D eigenvalue weighted by molar-refractivity contribution is -0.0328. The molecule has 0 amide bonds. The van der Waals surface area contributed by atoms with Gasteiger partial charge in [-0.3, -0.25) is 4.18 Å². The van der Waals surface area contributed by atoms with E-state index in [0.717, 1.165) is 11.1 Å². The molecule has 0 radical (unpaired) electrons. The van der Waals surface area contributed by atoms with Gasteiger partial charge in [-0.15, -0.1) is 0 Å². The molecule has 3 rings (SSSR count). The number of hydrogen-bond acceptors (Lipinski definition) is 6. The van der Waals surface area contributed by atoms with Gasteiger partial charge in [-0.1, -0.05) is 24.3 Å². The van der Waals surface area contributed by atoms with Crippen LogP contribution in [-0.4, -0.2) is 34.2 Å². The van der Waals surface area contributed by atoms with Crippen LogP contribution in [0.25, 0.3) is 11.1 Å². The maximum absolute atomic E-state index is 12.1. The summed E-state index contributed by atoms with van der Waals surface area (Å²) < 4.78 is 51.1. The molecule has 0 aromatic heterocycles. The largest absolute Gasteiger partial charge is 0.390 e. The Morgan fingerprint density at radius 2 is 1.46 bits per heavy atom. The molecule has 0 spiro atoms. The smallest absolute Gasteiger partial charge is 0.297 e. The average molecular weight is 368 g/mol. The topological polar surface area (TPSA) is 97.7 Å². The molecule has 2 aromatic rings. The van der Waals surface area contributed by atoms with Crippen molar-refractivity contribution in [3.05, 3.63) is 48.5 Å². The number of aliphatic hydroxyl groups excluding tert-OH is 1. The van der Waals surface area contributed by atoms with E-state index in [0.29, 0.717) is 12.8 Å². The Morgan fingerprint density at radius 3 is 1.88 bits per heavy atom. The number of benzene rings is 2. The van der Waals surface area contributed by atoms with Crippen LogP contribution in [-0.2, 0) is 25.0 Å². The van der Waals surface area contributed by atoms with Crippen LogP contribution in [0.5, 0.6) is 0 Å². The van der Waals surface area contributed by atoms with E-state index in [2.05, 4.69) is 0 Å². The SMILES string of the molecule is O=[SH](=O)c1ccc(-c2ccc(S(=O)(=O)OC3CC[C@H]3O)cc2)cc1. The van der Waals surface area contributed by atoms with Crippen molar-refractivity contribution in [1.82, 2.24) is 0 Å². The first kappa shape index (κ1) is 17.1. The van der Waals surface area contributed by atoms with Crippen molar-refractivity contribution in [2.45, 2.75) is 34.8 Å². The molecular formula is C16H16O6S2. The third kappa shape index (κ3) is 3.51. The van der Waals surface area contributed by atoms with E-state index in [1.165, 1.54) is 24.3 Å². The summed E-state index contributed by atoms with van der Waals surface area (Å²) in [5.41, 5.74) is 1.53. The Balaban J connectivity index is 1.79. The molecule has 1 aliphatic carbocycles. The first-order chi connectivity index (χ1) is 11.4. The number of aliphatic hydroxyl groups is 1. The van der Waals surface area contributed by atoms with E-state index in [9.17, 15) is 21.9 Å². The van der Waals surface area contributed by atoms with Gasteiger partial charge in [0.15, 0.2) is 10.7 Å². The lowest BCUT2D eigenvalue weighted by atomic mass is 9.93. The van der Waals surface area contributed by atoms with Crippen LogP contribution < -0.4 is 0 Å². The minimum absolute atomic E-state index is 0.0182.